The lowest BCUT2D eigenvalue weighted by Crippen LogP contribution is -2.39. The normalized spacial score (nSPS) is 18.4. The number of aliphatic imine (C=N–C) groups is 1. The number of nitrogens with zero attached hydrogens (tertiary/aromatic N) is 3. The highest BCUT2D eigenvalue weighted by Crippen LogP contribution is 2.39. The summed E-state index contributed by atoms with van der Waals surface area (Å²) in [6.07, 6.45) is 5.14. The van der Waals surface area contributed by atoms with Crippen LogP contribution in [-0.4, -0.2) is 36.5 Å². The van der Waals surface area contributed by atoms with Crippen molar-refractivity contribution >= 4 is 22.0 Å². The van der Waals surface area contributed by atoms with Gasteiger partial charge < -0.3 is 9.92 Å². The highest BCUT2D eigenvalue weighted by molar-refractivity contribution is 7.86. The smallest absolute Gasteiger partial charge is 0.306 e. The molecule has 1 aliphatic heterocycles. The first-order valence-corrected chi connectivity index (χ1v) is 10.7. The van der Waals surface area contributed by atoms with Gasteiger partial charge in [0.2, 0.25) is 0 Å². The number of carbonyl (C=O) groups excluding carboxylic acids is 1. The topological polar surface area (TPSA) is 137 Å². The standard InChI is InChI=1S/C20H16FN5O4S/c1-31(28,29)30-15-5-2-13(3-6-15)20(18(27)25-19(22)26-20)14-4-7-17(21)16(8-14)12-9-23-11-24-10-12/h2-11H,1H3,(H3,22,25,26,27). The molecule has 0 aliphatic carbocycles. The fourth-order valence-electron chi connectivity index (χ4n) is 3.36. The van der Waals surface area contributed by atoms with Gasteiger partial charge in [-0.1, -0.05) is 18.2 Å². The molecule has 0 bridgehead atoms. The molecule has 4 rings (SSSR count). The van der Waals surface area contributed by atoms with E-state index < -0.39 is 27.4 Å². The lowest BCUT2D eigenvalue weighted by Gasteiger charge is -2.25. The predicted octanol–water partition coefficient (Wildman–Crippen LogP) is 1.31. The molecule has 31 heavy (non-hydrogen) atoms. The van der Waals surface area contributed by atoms with Crippen LogP contribution in [0, 0.1) is 5.82 Å². The van der Waals surface area contributed by atoms with E-state index in [1.54, 1.807) is 0 Å². The first-order valence-electron chi connectivity index (χ1n) is 8.91. The Morgan fingerprint density at radius 1 is 1.06 bits per heavy atom. The van der Waals surface area contributed by atoms with Crippen molar-refractivity contribution in [3.8, 4) is 16.9 Å². The van der Waals surface area contributed by atoms with Gasteiger partial charge in [-0.05, 0) is 35.4 Å². The first-order chi connectivity index (χ1) is 14.7. The molecule has 1 aliphatic rings. The van der Waals surface area contributed by atoms with Gasteiger partial charge in [-0.3, -0.25) is 10.1 Å². The Morgan fingerprint density at radius 2 is 1.71 bits per heavy atom. The molecule has 1 atom stereocenters. The zero-order chi connectivity index (χ0) is 22.2. The lowest BCUT2D eigenvalue weighted by molar-refractivity contribution is -0.122. The van der Waals surface area contributed by atoms with Crippen LogP contribution in [0.2, 0.25) is 0 Å². The Kier molecular flexibility index (Phi) is 4.90. The molecule has 0 fully saturated rings. The van der Waals surface area contributed by atoms with Crippen molar-refractivity contribution in [1.82, 2.24) is 15.3 Å². The number of nitrogens with two attached hydrogens (primary N) is 1. The molecule has 3 aromatic rings. The number of aromatic nitrogens is 2. The summed E-state index contributed by atoms with van der Waals surface area (Å²) >= 11 is 0. The van der Waals surface area contributed by atoms with Crippen LogP contribution < -0.4 is 15.2 Å². The number of nitrogens with one attached hydrogen (secondary N) is 1. The molecule has 0 spiro atoms. The Balaban J connectivity index is 1.87. The quantitative estimate of drug-likeness (QED) is 0.570. The highest BCUT2D eigenvalue weighted by Gasteiger charge is 2.47. The minimum absolute atomic E-state index is 0.0676. The maximum absolute atomic E-state index is 14.6. The summed E-state index contributed by atoms with van der Waals surface area (Å²) in [5.41, 5.74) is 5.52. The van der Waals surface area contributed by atoms with E-state index in [1.807, 2.05) is 0 Å². The Hall–Kier alpha value is -3.86. The van der Waals surface area contributed by atoms with Crippen LogP contribution in [0.5, 0.6) is 5.75 Å². The van der Waals surface area contributed by atoms with E-state index >= 15 is 0 Å². The minimum atomic E-state index is -3.72. The van der Waals surface area contributed by atoms with Crippen LogP contribution in [0.15, 0.2) is 66.2 Å². The van der Waals surface area contributed by atoms with Gasteiger partial charge in [0.25, 0.3) is 5.91 Å². The number of rotatable bonds is 5. The van der Waals surface area contributed by atoms with E-state index in [1.165, 1.54) is 61.2 Å². The monoisotopic (exact) mass is 441 g/mol. The fourth-order valence-corrected chi connectivity index (χ4v) is 3.82. The van der Waals surface area contributed by atoms with Crippen LogP contribution in [0.4, 0.5) is 4.39 Å². The zero-order valence-electron chi connectivity index (χ0n) is 16.1. The van der Waals surface area contributed by atoms with E-state index in [4.69, 9.17) is 9.92 Å². The largest absolute Gasteiger partial charge is 0.383 e. The van der Waals surface area contributed by atoms with Gasteiger partial charge in [-0.25, -0.2) is 19.4 Å². The third-order valence-electron chi connectivity index (χ3n) is 4.63. The summed E-state index contributed by atoms with van der Waals surface area (Å²) in [6, 6.07) is 9.92. The molecular weight excluding hydrogens is 425 g/mol. The van der Waals surface area contributed by atoms with Crippen molar-refractivity contribution in [2.24, 2.45) is 10.7 Å². The first kappa shape index (κ1) is 20.4. The Bertz CT molecular complexity index is 1300. The summed E-state index contributed by atoms with van der Waals surface area (Å²) in [5, 5.41) is 2.47. The van der Waals surface area contributed by atoms with Gasteiger partial charge >= 0.3 is 10.1 Å². The number of guanidine groups is 1. The van der Waals surface area contributed by atoms with Crippen LogP contribution >= 0.6 is 0 Å². The molecule has 1 unspecified atom stereocenters. The van der Waals surface area contributed by atoms with E-state index in [2.05, 4.69) is 20.3 Å². The molecule has 11 heteroatoms. The number of carbonyl (C=O) groups is 1. The molecule has 2 heterocycles. The third-order valence-corrected chi connectivity index (χ3v) is 5.13. The zero-order valence-corrected chi connectivity index (χ0v) is 16.9. The van der Waals surface area contributed by atoms with Gasteiger partial charge in [0.1, 0.15) is 17.9 Å². The van der Waals surface area contributed by atoms with Crippen LogP contribution in [-0.2, 0) is 20.5 Å². The SMILES string of the molecule is CS(=O)(=O)Oc1ccc(C2(c3ccc(F)c(-c4cncnc4)c3)N=C(N)NC2=O)cc1. The van der Waals surface area contributed by atoms with Gasteiger partial charge in [0, 0.05) is 23.5 Å². The second kappa shape index (κ2) is 7.43. The summed E-state index contributed by atoms with van der Waals surface area (Å²) in [5.74, 6) is -1.10. The van der Waals surface area contributed by atoms with Crippen molar-refractivity contribution in [3.05, 3.63) is 78.1 Å². The van der Waals surface area contributed by atoms with Crippen molar-refractivity contribution in [2.75, 3.05) is 6.26 Å². The van der Waals surface area contributed by atoms with Crippen molar-refractivity contribution in [1.29, 1.82) is 0 Å². The molecule has 1 aromatic heterocycles. The van der Waals surface area contributed by atoms with Crippen molar-refractivity contribution in [2.45, 2.75) is 5.54 Å². The summed E-state index contributed by atoms with van der Waals surface area (Å²) in [6.45, 7) is 0. The third kappa shape index (κ3) is 3.82. The molecule has 0 saturated carbocycles. The maximum atomic E-state index is 14.6. The summed E-state index contributed by atoms with van der Waals surface area (Å²) in [7, 11) is -3.72. The minimum Gasteiger partial charge on any atom is -0.383 e. The molecule has 158 valence electrons. The van der Waals surface area contributed by atoms with Gasteiger partial charge in [-0.15, -0.1) is 0 Å². The van der Waals surface area contributed by atoms with Crippen LogP contribution in [0.1, 0.15) is 11.1 Å². The number of amides is 1. The highest BCUT2D eigenvalue weighted by atomic mass is 32.2. The number of benzene rings is 2. The maximum Gasteiger partial charge on any atom is 0.306 e. The number of halogens is 1. The van der Waals surface area contributed by atoms with Gasteiger partial charge in [-0.2, -0.15) is 8.42 Å². The van der Waals surface area contributed by atoms with Crippen LogP contribution in [0.25, 0.3) is 11.1 Å². The molecule has 3 N–H and O–H groups in total. The second-order valence-electron chi connectivity index (χ2n) is 6.80. The van der Waals surface area contributed by atoms with E-state index in [0.717, 1.165) is 6.26 Å². The molecule has 1 amide bonds. The fraction of sp³-hybridized carbons (Fsp3) is 0.100. The average molecular weight is 441 g/mol. The Labute approximate surface area is 176 Å². The Morgan fingerprint density at radius 3 is 2.29 bits per heavy atom. The molecular formula is C20H16FN5O4S. The lowest BCUT2D eigenvalue weighted by atomic mass is 9.82. The average Bonchev–Trinajstić information content (AvgIpc) is 3.03. The van der Waals surface area contributed by atoms with E-state index in [0.29, 0.717) is 16.7 Å². The molecule has 2 aromatic carbocycles. The predicted molar refractivity (Wildman–Crippen MR) is 110 cm³/mol. The van der Waals surface area contributed by atoms with Crippen LogP contribution in [0.3, 0.4) is 0 Å². The summed E-state index contributed by atoms with van der Waals surface area (Å²) in [4.78, 5) is 25.1. The molecule has 0 saturated heterocycles. The van der Waals surface area contributed by atoms with E-state index in [9.17, 15) is 17.6 Å². The number of hydrogen-bond donors (Lipinski definition) is 2. The molecule has 0 radical (unpaired) electrons. The van der Waals surface area contributed by atoms with Gasteiger partial charge in [0.05, 0.1) is 6.26 Å². The number of hydrogen-bond acceptors (Lipinski definition) is 8. The van der Waals surface area contributed by atoms with Crippen molar-refractivity contribution < 1.29 is 21.8 Å². The molecule has 9 nitrogen and oxygen atoms in total. The van der Waals surface area contributed by atoms with Gasteiger partial charge in [0.15, 0.2) is 11.5 Å². The second-order valence-corrected chi connectivity index (χ2v) is 8.37. The van der Waals surface area contributed by atoms with E-state index in [-0.39, 0.29) is 17.3 Å². The summed E-state index contributed by atoms with van der Waals surface area (Å²) < 4.78 is 42.1. The van der Waals surface area contributed by atoms with Crippen molar-refractivity contribution in [3.63, 3.8) is 0 Å².